The van der Waals surface area contributed by atoms with Gasteiger partial charge in [-0.25, -0.2) is 18.1 Å². The molecule has 112 valence electrons. The molecule has 21 heavy (non-hydrogen) atoms. The predicted octanol–water partition coefficient (Wildman–Crippen LogP) is 2.16. The van der Waals surface area contributed by atoms with Gasteiger partial charge in [0.05, 0.1) is 4.90 Å². The molecular formula is C15H19N3O2S. The van der Waals surface area contributed by atoms with Crippen LogP contribution in [0.1, 0.15) is 18.1 Å². The molecule has 6 heteroatoms. The first-order valence-electron chi connectivity index (χ1n) is 6.77. The van der Waals surface area contributed by atoms with Crippen LogP contribution in [0.25, 0.3) is 0 Å². The average Bonchev–Trinajstić information content (AvgIpc) is 2.53. The number of hydrogen-bond donors (Lipinski definition) is 2. The van der Waals surface area contributed by atoms with Crippen LogP contribution in [0.5, 0.6) is 0 Å². The number of hydrogen-bond acceptors (Lipinski definition) is 4. The predicted molar refractivity (Wildman–Crippen MR) is 83.6 cm³/mol. The summed E-state index contributed by atoms with van der Waals surface area (Å²) in [6, 6.07) is 10.8. The van der Waals surface area contributed by atoms with E-state index in [4.69, 9.17) is 0 Å². The molecule has 0 atom stereocenters. The van der Waals surface area contributed by atoms with Crippen molar-refractivity contribution in [3.63, 3.8) is 0 Å². The maximum absolute atomic E-state index is 12.3. The summed E-state index contributed by atoms with van der Waals surface area (Å²) in [5.41, 5.74) is 2.14. The van der Waals surface area contributed by atoms with Crippen molar-refractivity contribution in [1.82, 2.24) is 9.71 Å². The van der Waals surface area contributed by atoms with Gasteiger partial charge in [-0.3, -0.25) is 0 Å². The maximum Gasteiger partial charge on any atom is 0.241 e. The molecule has 0 aliphatic carbocycles. The van der Waals surface area contributed by atoms with Gasteiger partial charge < -0.3 is 5.32 Å². The average molecular weight is 305 g/mol. The maximum atomic E-state index is 12.3. The van der Waals surface area contributed by atoms with Crippen LogP contribution < -0.4 is 10.0 Å². The Balaban J connectivity index is 2.18. The number of rotatable bonds is 6. The van der Waals surface area contributed by atoms with Crippen LogP contribution in [-0.4, -0.2) is 20.4 Å². The van der Waals surface area contributed by atoms with Gasteiger partial charge in [0.15, 0.2) is 0 Å². The second-order valence-corrected chi connectivity index (χ2v) is 6.34. The van der Waals surface area contributed by atoms with Crippen LogP contribution in [0.15, 0.2) is 47.5 Å². The largest absolute Gasteiger partial charge is 0.373 e. The van der Waals surface area contributed by atoms with Crippen molar-refractivity contribution in [2.45, 2.75) is 24.8 Å². The molecule has 1 aromatic carbocycles. The van der Waals surface area contributed by atoms with Crippen molar-refractivity contribution in [2.24, 2.45) is 0 Å². The Labute approximate surface area is 125 Å². The number of nitrogens with one attached hydrogen (secondary N) is 2. The SMILES string of the molecule is CCc1ccccc1CNS(=O)(=O)c1ccnc(NC)c1. The summed E-state index contributed by atoms with van der Waals surface area (Å²) < 4.78 is 27.2. The molecule has 0 aliphatic heterocycles. The van der Waals surface area contributed by atoms with E-state index in [1.165, 1.54) is 18.3 Å². The summed E-state index contributed by atoms with van der Waals surface area (Å²) in [5, 5.41) is 2.83. The van der Waals surface area contributed by atoms with Gasteiger partial charge in [0.2, 0.25) is 10.0 Å². The third kappa shape index (κ3) is 3.80. The van der Waals surface area contributed by atoms with E-state index in [2.05, 4.69) is 21.9 Å². The van der Waals surface area contributed by atoms with Crippen molar-refractivity contribution in [3.8, 4) is 0 Å². The number of anilines is 1. The summed E-state index contributed by atoms with van der Waals surface area (Å²) >= 11 is 0. The summed E-state index contributed by atoms with van der Waals surface area (Å²) in [4.78, 5) is 4.22. The fraction of sp³-hybridized carbons (Fsp3) is 0.267. The zero-order chi connectivity index (χ0) is 15.3. The second kappa shape index (κ2) is 6.69. The third-order valence-electron chi connectivity index (χ3n) is 3.25. The standard InChI is InChI=1S/C15H19N3O2S/c1-3-12-6-4-5-7-13(12)11-18-21(19,20)14-8-9-17-15(10-14)16-2/h4-10,18H,3,11H2,1-2H3,(H,16,17). The van der Waals surface area contributed by atoms with E-state index < -0.39 is 10.0 Å². The molecule has 2 aromatic rings. The fourth-order valence-electron chi connectivity index (χ4n) is 2.05. The number of aromatic nitrogens is 1. The molecule has 5 nitrogen and oxygen atoms in total. The molecule has 1 aromatic heterocycles. The number of benzene rings is 1. The minimum Gasteiger partial charge on any atom is -0.373 e. The quantitative estimate of drug-likeness (QED) is 0.858. The second-order valence-electron chi connectivity index (χ2n) is 4.57. The molecule has 0 amide bonds. The lowest BCUT2D eigenvalue weighted by Gasteiger charge is -2.10. The Morgan fingerprint density at radius 1 is 1.14 bits per heavy atom. The van der Waals surface area contributed by atoms with Gasteiger partial charge in [0, 0.05) is 25.9 Å². The van der Waals surface area contributed by atoms with E-state index in [1.54, 1.807) is 7.05 Å². The lowest BCUT2D eigenvalue weighted by Crippen LogP contribution is -2.24. The Kier molecular flexibility index (Phi) is 4.93. The molecule has 1 heterocycles. The molecule has 2 rings (SSSR count). The highest BCUT2D eigenvalue weighted by Crippen LogP contribution is 2.14. The van der Waals surface area contributed by atoms with Gasteiger partial charge in [0.25, 0.3) is 0 Å². The molecule has 2 N–H and O–H groups in total. The topological polar surface area (TPSA) is 71.1 Å². The van der Waals surface area contributed by atoms with E-state index in [-0.39, 0.29) is 11.4 Å². The van der Waals surface area contributed by atoms with E-state index >= 15 is 0 Å². The van der Waals surface area contributed by atoms with Crippen molar-refractivity contribution < 1.29 is 8.42 Å². The molecule has 0 saturated carbocycles. The molecular weight excluding hydrogens is 286 g/mol. The number of aryl methyl sites for hydroxylation is 1. The van der Waals surface area contributed by atoms with Gasteiger partial charge in [-0.2, -0.15) is 0 Å². The Morgan fingerprint density at radius 3 is 2.52 bits per heavy atom. The summed E-state index contributed by atoms with van der Waals surface area (Å²) in [6.07, 6.45) is 2.34. The molecule has 0 radical (unpaired) electrons. The minimum absolute atomic E-state index is 0.204. The van der Waals surface area contributed by atoms with Gasteiger partial charge >= 0.3 is 0 Å². The Hall–Kier alpha value is -1.92. The Morgan fingerprint density at radius 2 is 1.86 bits per heavy atom. The van der Waals surface area contributed by atoms with E-state index in [0.717, 1.165) is 17.5 Å². The van der Waals surface area contributed by atoms with Crippen LogP contribution in [0.3, 0.4) is 0 Å². The van der Waals surface area contributed by atoms with Crippen LogP contribution in [0.4, 0.5) is 5.82 Å². The van der Waals surface area contributed by atoms with E-state index in [0.29, 0.717) is 5.82 Å². The first-order chi connectivity index (χ1) is 10.1. The number of nitrogens with zero attached hydrogens (tertiary/aromatic N) is 1. The lowest BCUT2D eigenvalue weighted by atomic mass is 10.1. The van der Waals surface area contributed by atoms with Gasteiger partial charge in [-0.15, -0.1) is 0 Å². The van der Waals surface area contributed by atoms with Crippen LogP contribution in [0, 0.1) is 0 Å². The molecule has 0 fully saturated rings. The van der Waals surface area contributed by atoms with Crippen molar-refractivity contribution in [2.75, 3.05) is 12.4 Å². The zero-order valence-corrected chi connectivity index (χ0v) is 12.9. The monoisotopic (exact) mass is 305 g/mol. The summed E-state index contributed by atoms with van der Waals surface area (Å²) in [7, 11) is -1.85. The number of sulfonamides is 1. The smallest absolute Gasteiger partial charge is 0.241 e. The van der Waals surface area contributed by atoms with E-state index in [9.17, 15) is 8.42 Å². The molecule has 0 spiro atoms. The fourth-order valence-corrected chi connectivity index (χ4v) is 3.06. The molecule has 0 saturated heterocycles. The van der Waals surface area contributed by atoms with Crippen molar-refractivity contribution in [1.29, 1.82) is 0 Å². The highest BCUT2D eigenvalue weighted by atomic mass is 32.2. The zero-order valence-electron chi connectivity index (χ0n) is 12.1. The van der Waals surface area contributed by atoms with Crippen molar-refractivity contribution >= 4 is 15.8 Å². The van der Waals surface area contributed by atoms with Gasteiger partial charge in [-0.05, 0) is 23.6 Å². The minimum atomic E-state index is -3.55. The normalized spacial score (nSPS) is 11.3. The molecule has 0 unspecified atom stereocenters. The van der Waals surface area contributed by atoms with Crippen LogP contribution in [-0.2, 0) is 23.0 Å². The van der Waals surface area contributed by atoms with Crippen LogP contribution >= 0.6 is 0 Å². The molecule has 0 bridgehead atoms. The van der Waals surface area contributed by atoms with Crippen LogP contribution in [0.2, 0.25) is 0 Å². The van der Waals surface area contributed by atoms with Gasteiger partial charge in [-0.1, -0.05) is 31.2 Å². The highest BCUT2D eigenvalue weighted by Gasteiger charge is 2.15. The van der Waals surface area contributed by atoms with Gasteiger partial charge in [0.1, 0.15) is 5.82 Å². The van der Waals surface area contributed by atoms with E-state index in [1.807, 2.05) is 24.3 Å². The first kappa shape index (κ1) is 15.5. The first-order valence-corrected chi connectivity index (χ1v) is 8.25. The Bertz CT molecular complexity index is 714. The summed E-state index contributed by atoms with van der Waals surface area (Å²) in [6.45, 7) is 2.33. The van der Waals surface area contributed by atoms with Crippen molar-refractivity contribution in [3.05, 3.63) is 53.7 Å². The molecule has 0 aliphatic rings. The summed E-state index contributed by atoms with van der Waals surface area (Å²) in [5.74, 6) is 0.520. The lowest BCUT2D eigenvalue weighted by molar-refractivity contribution is 0.581. The third-order valence-corrected chi connectivity index (χ3v) is 4.65. The number of pyridine rings is 1. The highest BCUT2D eigenvalue weighted by molar-refractivity contribution is 7.89.